The molecule has 0 fully saturated rings. The second kappa shape index (κ2) is 9.45. The van der Waals surface area contributed by atoms with E-state index >= 15 is 0 Å². The standard InChI is InChI=1S/C26H21ClN2O2/c1-18-5-4-7-21(15-18)26(30)29-28-16-24-23-8-3-2-6-20(23)11-14-25(24)31-17-19-9-12-22(27)13-10-19/h2-16H,17H2,1H3,(H,29,30)/b28-16-. The number of fused-ring (bicyclic) bond motifs is 1. The van der Waals surface area contributed by atoms with E-state index in [9.17, 15) is 4.79 Å². The monoisotopic (exact) mass is 428 g/mol. The molecular formula is C26H21ClN2O2. The van der Waals surface area contributed by atoms with Gasteiger partial charge in [-0.1, -0.05) is 71.8 Å². The van der Waals surface area contributed by atoms with Crippen molar-refractivity contribution < 1.29 is 9.53 Å². The highest BCUT2D eigenvalue weighted by atomic mass is 35.5. The van der Waals surface area contributed by atoms with Gasteiger partial charge in [-0.15, -0.1) is 0 Å². The van der Waals surface area contributed by atoms with Crippen molar-refractivity contribution in [3.05, 3.63) is 112 Å². The average molecular weight is 429 g/mol. The molecular weight excluding hydrogens is 408 g/mol. The van der Waals surface area contributed by atoms with Crippen LogP contribution >= 0.6 is 11.6 Å². The van der Waals surface area contributed by atoms with Crippen LogP contribution in [-0.2, 0) is 6.61 Å². The zero-order valence-electron chi connectivity index (χ0n) is 17.0. The average Bonchev–Trinajstić information content (AvgIpc) is 2.79. The van der Waals surface area contributed by atoms with Crippen LogP contribution in [0.25, 0.3) is 10.8 Å². The quantitative estimate of drug-likeness (QED) is 0.296. The number of nitrogens with one attached hydrogen (secondary N) is 1. The largest absolute Gasteiger partial charge is 0.488 e. The first-order valence-electron chi connectivity index (χ1n) is 9.89. The van der Waals surface area contributed by atoms with E-state index in [1.165, 1.54) is 0 Å². The lowest BCUT2D eigenvalue weighted by molar-refractivity contribution is 0.0955. The van der Waals surface area contributed by atoms with Gasteiger partial charge in [-0.3, -0.25) is 4.79 Å². The molecule has 0 heterocycles. The number of halogens is 1. The van der Waals surface area contributed by atoms with Gasteiger partial charge in [0.15, 0.2) is 0 Å². The first kappa shape index (κ1) is 20.6. The van der Waals surface area contributed by atoms with Crippen LogP contribution in [0.15, 0.2) is 90.0 Å². The minimum absolute atomic E-state index is 0.260. The Balaban J connectivity index is 1.58. The van der Waals surface area contributed by atoms with Gasteiger partial charge in [-0.05, 0) is 53.6 Å². The highest BCUT2D eigenvalue weighted by Crippen LogP contribution is 2.27. The number of carbonyl (C=O) groups excluding carboxylic acids is 1. The Bertz CT molecular complexity index is 1250. The van der Waals surface area contributed by atoms with Gasteiger partial charge in [0, 0.05) is 16.1 Å². The van der Waals surface area contributed by atoms with Crippen LogP contribution in [0, 0.1) is 6.92 Å². The predicted molar refractivity (Wildman–Crippen MR) is 126 cm³/mol. The predicted octanol–water partition coefficient (Wildman–Crippen LogP) is 6.14. The van der Waals surface area contributed by atoms with Gasteiger partial charge in [0.25, 0.3) is 5.91 Å². The minimum Gasteiger partial charge on any atom is -0.488 e. The van der Waals surface area contributed by atoms with Gasteiger partial charge in [0.2, 0.25) is 0 Å². The third kappa shape index (κ3) is 5.11. The molecule has 1 amide bonds. The molecule has 0 aliphatic rings. The molecule has 0 radical (unpaired) electrons. The Morgan fingerprint density at radius 1 is 1.00 bits per heavy atom. The smallest absolute Gasteiger partial charge is 0.271 e. The maximum atomic E-state index is 12.4. The molecule has 0 aliphatic heterocycles. The summed E-state index contributed by atoms with van der Waals surface area (Å²) in [5.41, 5.74) is 6.00. The first-order chi connectivity index (χ1) is 15.1. The number of hydrogen-bond donors (Lipinski definition) is 1. The van der Waals surface area contributed by atoms with E-state index in [1.807, 2.05) is 85.8 Å². The molecule has 154 valence electrons. The molecule has 0 saturated carbocycles. The van der Waals surface area contributed by atoms with E-state index in [0.717, 1.165) is 27.5 Å². The maximum Gasteiger partial charge on any atom is 0.271 e. The Kier molecular flexibility index (Phi) is 6.29. The first-order valence-corrected chi connectivity index (χ1v) is 10.3. The van der Waals surface area contributed by atoms with Crippen molar-refractivity contribution in [3.8, 4) is 5.75 Å². The zero-order valence-corrected chi connectivity index (χ0v) is 17.8. The summed E-state index contributed by atoms with van der Waals surface area (Å²) >= 11 is 5.96. The molecule has 31 heavy (non-hydrogen) atoms. The van der Waals surface area contributed by atoms with Crippen LogP contribution in [0.5, 0.6) is 5.75 Å². The second-order valence-electron chi connectivity index (χ2n) is 7.18. The van der Waals surface area contributed by atoms with E-state index < -0.39 is 0 Å². The number of amides is 1. The molecule has 0 aromatic heterocycles. The van der Waals surface area contributed by atoms with Crippen molar-refractivity contribution in [2.24, 2.45) is 5.10 Å². The summed E-state index contributed by atoms with van der Waals surface area (Å²) in [7, 11) is 0. The molecule has 0 atom stereocenters. The lowest BCUT2D eigenvalue weighted by Gasteiger charge is -2.12. The maximum absolute atomic E-state index is 12.4. The molecule has 0 bridgehead atoms. The van der Waals surface area contributed by atoms with E-state index in [4.69, 9.17) is 16.3 Å². The summed E-state index contributed by atoms with van der Waals surface area (Å²) < 4.78 is 6.08. The number of ether oxygens (including phenoxy) is 1. The summed E-state index contributed by atoms with van der Waals surface area (Å²) in [6.45, 7) is 2.34. The highest BCUT2D eigenvalue weighted by molar-refractivity contribution is 6.30. The number of nitrogens with zero attached hydrogens (tertiary/aromatic N) is 1. The van der Waals surface area contributed by atoms with Crippen molar-refractivity contribution in [2.45, 2.75) is 13.5 Å². The molecule has 0 aliphatic carbocycles. The van der Waals surface area contributed by atoms with Gasteiger partial charge in [0.1, 0.15) is 12.4 Å². The Labute approximate surface area is 186 Å². The number of carbonyl (C=O) groups is 1. The molecule has 0 saturated heterocycles. The highest BCUT2D eigenvalue weighted by Gasteiger charge is 2.09. The van der Waals surface area contributed by atoms with E-state index in [0.29, 0.717) is 22.9 Å². The summed E-state index contributed by atoms with van der Waals surface area (Å²) in [6.07, 6.45) is 1.63. The Morgan fingerprint density at radius 3 is 2.61 bits per heavy atom. The van der Waals surface area contributed by atoms with Crippen LogP contribution in [0.2, 0.25) is 5.02 Å². The van der Waals surface area contributed by atoms with Crippen LogP contribution in [0.1, 0.15) is 27.0 Å². The van der Waals surface area contributed by atoms with Gasteiger partial charge in [-0.25, -0.2) is 5.43 Å². The third-order valence-electron chi connectivity index (χ3n) is 4.88. The lowest BCUT2D eigenvalue weighted by Crippen LogP contribution is -2.17. The number of hydrazone groups is 1. The molecule has 0 unspecified atom stereocenters. The topological polar surface area (TPSA) is 50.7 Å². The molecule has 0 spiro atoms. The Morgan fingerprint density at radius 2 is 1.81 bits per heavy atom. The van der Waals surface area contributed by atoms with Crippen LogP contribution in [-0.4, -0.2) is 12.1 Å². The van der Waals surface area contributed by atoms with E-state index in [1.54, 1.807) is 12.3 Å². The normalized spacial score (nSPS) is 11.0. The van der Waals surface area contributed by atoms with Crippen molar-refractivity contribution in [1.29, 1.82) is 0 Å². The van der Waals surface area contributed by atoms with Gasteiger partial charge in [-0.2, -0.15) is 5.10 Å². The summed E-state index contributed by atoms with van der Waals surface area (Å²) in [5, 5.41) is 6.94. The molecule has 5 heteroatoms. The lowest BCUT2D eigenvalue weighted by atomic mass is 10.0. The molecule has 4 nitrogen and oxygen atoms in total. The fourth-order valence-electron chi connectivity index (χ4n) is 3.28. The number of benzene rings is 4. The van der Waals surface area contributed by atoms with Crippen LogP contribution in [0.4, 0.5) is 0 Å². The molecule has 1 N–H and O–H groups in total. The summed E-state index contributed by atoms with van der Waals surface area (Å²) in [4.78, 5) is 12.4. The number of aryl methyl sites for hydroxylation is 1. The van der Waals surface area contributed by atoms with Gasteiger partial charge >= 0.3 is 0 Å². The fourth-order valence-corrected chi connectivity index (χ4v) is 3.41. The number of hydrogen-bond acceptors (Lipinski definition) is 3. The summed E-state index contributed by atoms with van der Waals surface area (Å²) in [5.74, 6) is 0.422. The molecule has 4 aromatic carbocycles. The molecule has 4 aromatic rings. The van der Waals surface area contributed by atoms with Crippen LogP contribution < -0.4 is 10.2 Å². The van der Waals surface area contributed by atoms with E-state index in [-0.39, 0.29) is 5.91 Å². The van der Waals surface area contributed by atoms with Gasteiger partial charge in [0.05, 0.1) is 6.21 Å². The third-order valence-corrected chi connectivity index (χ3v) is 5.13. The SMILES string of the molecule is Cc1cccc(C(=O)N/N=C\c2c(OCc3ccc(Cl)cc3)ccc3ccccc23)c1. The zero-order chi connectivity index (χ0) is 21.6. The fraction of sp³-hybridized carbons (Fsp3) is 0.0769. The van der Waals surface area contributed by atoms with Crippen molar-refractivity contribution >= 4 is 34.5 Å². The van der Waals surface area contributed by atoms with Gasteiger partial charge < -0.3 is 4.74 Å². The second-order valence-corrected chi connectivity index (χ2v) is 7.62. The van der Waals surface area contributed by atoms with Crippen molar-refractivity contribution in [2.75, 3.05) is 0 Å². The van der Waals surface area contributed by atoms with Crippen molar-refractivity contribution in [1.82, 2.24) is 5.43 Å². The Hall–Kier alpha value is -3.63. The summed E-state index contributed by atoms with van der Waals surface area (Å²) in [6, 6.07) is 26.8. The molecule has 4 rings (SSSR count). The van der Waals surface area contributed by atoms with Crippen molar-refractivity contribution in [3.63, 3.8) is 0 Å². The number of rotatable bonds is 6. The minimum atomic E-state index is -0.260. The van der Waals surface area contributed by atoms with Crippen LogP contribution in [0.3, 0.4) is 0 Å². The van der Waals surface area contributed by atoms with E-state index in [2.05, 4.69) is 10.5 Å².